The number of aryl methyl sites for hydroxylation is 1. The van der Waals surface area contributed by atoms with E-state index in [1.807, 2.05) is 0 Å². The van der Waals surface area contributed by atoms with E-state index >= 15 is 0 Å². The molecule has 1 nitrogen and oxygen atoms in total. The van der Waals surface area contributed by atoms with Gasteiger partial charge in [-0.25, -0.2) is 0 Å². The summed E-state index contributed by atoms with van der Waals surface area (Å²) in [4.78, 5) is 0. The molecule has 0 aliphatic heterocycles. The zero-order valence-electron chi connectivity index (χ0n) is 14.3. The van der Waals surface area contributed by atoms with Crippen LogP contribution in [-0.4, -0.2) is 8.32 Å². The molecule has 21 heavy (non-hydrogen) atoms. The highest BCUT2D eigenvalue weighted by Crippen LogP contribution is 2.40. The molecule has 0 heterocycles. The monoisotopic (exact) mass is 300 g/mol. The molecule has 0 aromatic heterocycles. The lowest BCUT2D eigenvalue weighted by Crippen LogP contribution is -2.40. The largest absolute Gasteiger partial charge is 0.544 e. The topological polar surface area (TPSA) is 9.23 Å². The fourth-order valence-electron chi connectivity index (χ4n) is 2.36. The minimum absolute atomic E-state index is 0.231. The molecule has 0 bridgehead atoms. The zero-order valence-corrected chi connectivity index (χ0v) is 15.3. The molecule has 114 valence electrons. The molecule has 0 fully saturated rings. The smallest absolute Gasteiger partial charge is 0.250 e. The maximum atomic E-state index is 6.54. The summed E-state index contributed by atoms with van der Waals surface area (Å²) in [6.45, 7) is 13.6. The van der Waals surface area contributed by atoms with Crippen LogP contribution in [0.1, 0.15) is 45.2 Å². The van der Waals surface area contributed by atoms with Crippen LogP contribution in [0.4, 0.5) is 0 Å². The highest BCUT2D eigenvalue weighted by atomic mass is 28.4. The number of fused-ring (bicyclic) bond motifs is 1. The fourth-order valence-corrected chi connectivity index (χ4v) is 3.47. The number of rotatable bonds is 3. The van der Waals surface area contributed by atoms with Gasteiger partial charge in [0.25, 0.3) is 0 Å². The van der Waals surface area contributed by atoms with Gasteiger partial charge in [-0.15, -0.1) is 0 Å². The van der Waals surface area contributed by atoms with E-state index in [-0.39, 0.29) is 5.04 Å². The predicted molar refractivity (Wildman–Crippen MR) is 94.8 cm³/mol. The van der Waals surface area contributed by atoms with E-state index in [0.29, 0.717) is 0 Å². The van der Waals surface area contributed by atoms with Crippen molar-refractivity contribution in [1.82, 2.24) is 0 Å². The second-order valence-corrected chi connectivity index (χ2v) is 12.1. The molecule has 1 aromatic rings. The lowest BCUT2D eigenvalue weighted by atomic mass is 9.91. The van der Waals surface area contributed by atoms with Crippen LogP contribution in [0, 0.1) is 0 Å². The second-order valence-electron chi connectivity index (χ2n) is 7.38. The van der Waals surface area contributed by atoms with Crippen molar-refractivity contribution in [3.8, 4) is 0 Å². The summed E-state index contributed by atoms with van der Waals surface area (Å²) in [7, 11) is -1.77. The third-order valence-electron chi connectivity index (χ3n) is 4.80. The Balaban J connectivity index is 2.27. The maximum Gasteiger partial charge on any atom is 0.250 e. The van der Waals surface area contributed by atoms with E-state index in [1.54, 1.807) is 0 Å². The van der Waals surface area contributed by atoms with E-state index in [4.69, 9.17) is 4.43 Å². The average molecular weight is 301 g/mol. The van der Waals surface area contributed by atoms with Gasteiger partial charge in [-0.2, -0.15) is 0 Å². The summed E-state index contributed by atoms with van der Waals surface area (Å²) in [5.74, 6) is 1.09. The van der Waals surface area contributed by atoms with Gasteiger partial charge in [0, 0.05) is 0 Å². The van der Waals surface area contributed by atoms with E-state index in [0.717, 1.165) is 18.6 Å². The number of benzene rings is 1. The summed E-state index contributed by atoms with van der Waals surface area (Å²) in [6, 6.07) is 8.67. The highest BCUT2D eigenvalue weighted by molar-refractivity contribution is 6.74. The first kappa shape index (κ1) is 16.1. The Morgan fingerprint density at radius 1 is 1.14 bits per heavy atom. The first-order chi connectivity index (χ1) is 9.74. The maximum absolute atomic E-state index is 6.54. The SMILES string of the molecule is C/C=C(\O[Si](C)(C)C(C)(C)C)C1=Cc2ccccc2CC1. The van der Waals surface area contributed by atoms with Crippen LogP contribution < -0.4 is 0 Å². The normalized spacial score (nSPS) is 16.3. The Hall–Kier alpha value is -1.28. The molecule has 0 saturated heterocycles. The Morgan fingerprint density at radius 3 is 2.43 bits per heavy atom. The van der Waals surface area contributed by atoms with Crippen LogP contribution in [0.2, 0.25) is 18.1 Å². The Morgan fingerprint density at radius 2 is 1.81 bits per heavy atom. The third-order valence-corrected chi connectivity index (χ3v) is 9.14. The molecule has 0 radical (unpaired) electrons. The van der Waals surface area contributed by atoms with Crippen molar-refractivity contribution in [1.29, 1.82) is 0 Å². The molecule has 0 unspecified atom stereocenters. The van der Waals surface area contributed by atoms with Gasteiger partial charge in [-0.3, -0.25) is 0 Å². The van der Waals surface area contributed by atoms with Gasteiger partial charge in [0.05, 0.1) is 0 Å². The third kappa shape index (κ3) is 3.49. The molecule has 2 rings (SSSR count). The standard InChI is InChI=1S/C19H28OSi/c1-7-18(20-21(5,6)19(2,3)4)17-13-12-15-10-8-9-11-16(15)14-17/h7-11,14H,12-13H2,1-6H3/b18-7-. The van der Waals surface area contributed by atoms with Crippen LogP contribution in [0.25, 0.3) is 6.08 Å². The highest BCUT2D eigenvalue weighted by Gasteiger charge is 2.39. The summed E-state index contributed by atoms with van der Waals surface area (Å²) in [5, 5.41) is 0.231. The van der Waals surface area contributed by atoms with Crippen molar-refractivity contribution >= 4 is 14.4 Å². The van der Waals surface area contributed by atoms with Crippen LogP contribution >= 0.6 is 0 Å². The van der Waals surface area contributed by atoms with Crippen molar-refractivity contribution in [3.63, 3.8) is 0 Å². The number of hydrogen-bond donors (Lipinski definition) is 0. The van der Waals surface area contributed by atoms with Gasteiger partial charge in [0.2, 0.25) is 8.32 Å². The van der Waals surface area contributed by atoms with E-state index in [1.165, 1.54) is 16.7 Å². The molecule has 0 atom stereocenters. The lowest BCUT2D eigenvalue weighted by Gasteiger charge is -2.38. The molecule has 1 aliphatic carbocycles. The van der Waals surface area contributed by atoms with Crippen LogP contribution in [0.15, 0.2) is 41.7 Å². The van der Waals surface area contributed by atoms with E-state index in [2.05, 4.69) is 77.2 Å². The quantitative estimate of drug-likeness (QED) is 0.495. The molecule has 0 amide bonds. The van der Waals surface area contributed by atoms with E-state index in [9.17, 15) is 0 Å². The van der Waals surface area contributed by atoms with Gasteiger partial charge in [0.1, 0.15) is 5.76 Å². The molecule has 0 spiro atoms. The van der Waals surface area contributed by atoms with Crippen molar-refractivity contribution in [2.45, 2.75) is 58.7 Å². The van der Waals surface area contributed by atoms with Crippen molar-refractivity contribution in [2.24, 2.45) is 0 Å². The minimum Gasteiger partial charge on any atom is -0.544 e. The van der Waals surface area contributed by atoms with Crippen LogP contribution in [-0.2, 0) is 10.8 Å². The molecular formula is C19H28OSi. The summed E-state index contributed by atoms with van der Waals surface area (Å²) >= 11 is 0. The zero-order chi connectivity index (χ0) is 15.7. The van der Waals surface area contributed by atoms with Crippen LogP contribution in [0.5, 0.6) is 0 Å². The Labute approximate surface area is 130 Å². The van der Waals surface area contributed by atoms with Crippen molar-refractivity contribution in [2.75, 3.05) is 0 Å². The second kappa shape index (κ2) is 5.84. The first-order valence-corrected chi connectivity index (χ1v) is 10.8. The Kier molecular flexibility index (Phi) is 4.48. The molecule has 0 saturated carbocycles. The molecule has 1 aromatic carbocycles. The minimum atomic E-state index is -1.77. The van der Waals surface area contributed by atoms with Gasteiger partial charge >= 0.3 is 0 Å². The lowest BCUT2D eigenvalue weighted by molar-refractivity contribution is 0.389. The number of hydrogen-bond acceptors (Lipinski definition) is 1. The van der Waals surface area contributed by atoms with Gasteiger partial charge in [0.15, 0.2) is 0 Å². The summed E-state index contributed by atoms with van der Waals surface area (Å²) in [6.07, 6.45) is 6.63. The number of allylic oxidation sites excluding steroid dienone is 2. The van der Waals surface area contributed by atoms with Gasteiger partial charge in [-0.1, -0.05) is 45.0 Å². The summed E-state index contributed by atoms with van der Waals surface area (Å²) < 4.78 is 6.54. The molecule has 1 aliphatic rings. The van der Waals surface area contributed by atoms with Gasteiger partial charge in [-0.05, 0) is 66.7 Å². The van der Waals surface area contributed by atoms with E-state index < -0.39 is 8.32 Å². The average Bonchev–Trinajstić information content (AvgIpc) is 2.43. The molecule has 2 heteroatoms. The van der Waals surface area contributed by atoms with Crippen molar-refractivity contribution in [3.05, 3.63) is 52.8 Å². The summed E-state index contributed by atoms with van der Waals surface area (Å²) in [5.41, 5.74) is 4.14. The van der Waals surface area contributed by atoms with Crippen molar-refractivity contribution < 1.29 is 4.43 Å². The molecule has 0 N–H and O–H groups in total. The van der Waals surface area contributed by atoms with Gasteiger partial charge < -0.3 is 4.43 Å². The fraction of sp³-hybridized carbons (Fsp3) is 0.474. The van der Waals surface area contributed by atoms with Crippen LogP contribution in [0.3, 0.4) is 0 Å². The first-order valence-electron chi connectivity index (χ1n) is 7.89. The Bertz CT molecular complexity index is 573. The predicted octanol–water partition coefficient (Wildman–Crippen LogP) is 5.94. The molecular weight excluding hydrogens is 272 g/mol.